The molecular weight excluding hydrogens is 366 g/mol. The highest BCUT2D eigenvalue weighted by Crippen LogP contribution is 2.42. The van der Waals surface area contributed by atoms with Crippen LogP contribution in [0.5, 0.6) is 0 Å². The Bertz CT molecular complexity index is 1050. The van der Waals surface area contributed by atoms with E-state index in [1.807, 2.05) is 57.2 Å². The summed E-state index contributed by atoms with van der Waals surface area (Å²) < 4.78 is 0.920. The molecule has 3 nitrogen and oxygen atoms in total. The molecule has 3 aromatic carbocycles. The second-order valence-electron chi connectivity index (χ2n) is 7.08. The molecule has 0 saturated heterocycles. The van der Waals surface area contributed by atoms with Gasteiger partial charge in [0.15, 0.2) is 0 Å². The number of benzene rings is 3. The predicted molar refractivity (Wildman–Crippen MR) is 99.4 cm³/mol. The summed E-state index contributed by atoms with van der Waals surface area (Å²) in [6.45, 7) is 5.65. The van der Waals surface area contributed by atoms with Gasteiger partial charge in [-0.1, -0.05) is 36.4 Å². The predicted octanol–water partition coefficient (Wildman–Crippen LogP) is 5.15. The van der Waals surface area contributed by atoms with Crippen molar-refractivity contribution in [1.82, 2.24) is 4.90 Å². The molecule has 2 amide bonds. The van der Waals surface area contributed by atoms with Crippen LogP contribution in [-0.2, 0) is 0 Å². The van der Waals surface area contributed by atoms with Gasteiger partial charge in [0.2, 0.25) is 0 Å². The third-order valence-corrected chi connectivity index (χ3v) is 5.36. The fraction of sp³-hybridized carbons (Fsp3) is 0.200. The molecule has 1 aliphatic rings. The number of carbonyl (C=O) groups excluding carboxylic acids is 2. The average Bonchev–Trinajstić information content (AvgIpc) is 2.53. The van der Waals surface area contributed by atoms with Gasteiger partial charge >= 0.3 is 0 Å². The number of carbonyl (C=O) groups is 2. The lowest BCUT2D eigenvalue weighted by Crippen LogP contribution is -2.51. The number of halogens is 1. The van der Waals surface area contributed by atoms with Crippen molar-refractivity contribution in [2.45, 2.75) is 26.3 Å². The topological polar surface area (TPSA) is 37.4 Å². The number of imide groups is 1. The highest BCUT2D eigenvalue weighted by atomic mass is 79.9. The van der Waals surface area contributed by atoms with Crippen molar-refractivity contribution in [3.8, 4) is 0 Å². The number of nitrogens with zero attached hydrogens (tertiary/aromatic N) is 1. The molecule has 0 atom stereocenters. The molecule has 1 heterocycles. The fourth-order valence-electron chi connectivity index (χ4n) is 3.51. The number of hydrogen-bond acceptors (Lipinski definition) is 2. The third kappa shape index (κ3) is 1.89. The lowest BCUT2D eigenvalue weighted by Gasteiger charge is -2.37. The molecule has 0 unspecified atom stereocenters. The summed E-state index contributed by atoms with van der Waals surface area (Å²) in [6.07, 6.45) is 0. The molecule has 0 bridgehead atoms. The second-order valence-corrected chi connectivity index (χ2v) is 7.87. The Labute approximate surface area is 148 Å². The maximum absolute atomic E-state index is 13.3. The lowest BCUT2D eigenvalue weighted by atomic mass is 9.87. The zero-order valence-electron chi connectivity index (χ0n) is 13.7. The molecule has 3 aromatic rings. The van der Waals surface area contributed by atoms with Crippen LogP contribution >= 0.6 is 15.9 Å². The Hall–Kier alpha value is -2.20. The normalized spacial score (nSPS) is 14.8. The lowest BCUT2D eigenvalue weighted by molar-refractivity contribution is 0.0462. The summed E-state index contributed by atoms with van der Waals surface area (Å²) in [7, 11) is 0. The van der Waals surface area contributed by atoms with Gasteiger partial charge in [-0.2, -0.15) is 0 Å². The van der Waals surface area contributed by atoms with E-state index in [9.17, 15) is 9.59 Å². The summed E-state index contributed by atoms with van der Waals surface area (Å²) in [5.41, 5.74) is 0.625. The minimum Gasteiger partial charge on any atom is -0.269 e. The molecule has 0 aliphatic carbocycles. The first-order valence-corrected chi connectivity index (χ1v) is 8.63. The van der Waals surface area contributed by atoms with Crippen LogP contribution in [0.3, 0.4) is 0 Å². The average molecular weight is 382 g/mol. The molecule has 0 aromatic heterocycles. The molecular formula is C20H16BrNO2. The highest BCUT2D eigenvalue weighted by molar-refractivity contribution is 9.10. The fourth-order valence-corrected chi connectivity index (χ4v) is 4.19. The first kappa shape index (κ1) is 15.3. The van der Waals surface area contributed by atoms with Crippen molar-refractivity contribution >= 4 is 49.3 Å². The Morgan fingerprint density at radius 2 is 1.46 bits per heavy atom. The van der Waals surface area contributed by atoms with Crippen molar-refractivity contribution in [3.05, 3.63) is 58.1 Å². The third-order valence-electron chi connectivity index (χ3n) is 4.51. The minimum absolute atomic E-state index is 0.222. The van der Waals surface area contributed by atoms with Gasteiger partial charge in [-0.05, 0) is 58.9 Å². The van der Waals surface area contributed by atoms with Gasteiger partial charge in [-0.3, -0.25) is 14.5 Å². The molecule has 0 saturated carbocycles. The van der Waals surface area contributed by atoms with Crippen LogP contribution in [0.1, 0.15) is 41.5 Å². The highest BCUT2D eigenvalue weighted by Gasteiger charge is 2.40. The van der Waals surface area contributed by atoms with E-state index in [-0.39, 0.29) is 11.8 Å². The standard InChI is InChI=1S/C20H16BrNO2/c1-20(2,3)22-18(23)14-10-6-9-13-15(14)16(19(22)24)11-7-4-5-8-12(11)17(13)21/h4-10H,1-3H3. The largest absolute Gasteiger partial charge is 0.269 e. The molecule has 0 radical (unpaired) electrons. The maximum Gasteiger partial charge on any atom is 0.262 e. The Balaban J connectivity index is 2.26. The smallest absolute Gasteiger partial charge is 0.262 e. The van der Waals surface area contributed by atoms with E-state index in [4.69, 9.17) is 0 Å². The van der Waals surface area contributed by atoms with Crippen LogP contribution in [0.4, 0.5) is 0 Å². The molecule has 120 valence electrons. The number of fused-ring (bicyclic) bond motifs is 2. The quantitative estimate of drug-likeness (QED) is 0.398. The molecule has 24 heavy (non-hydrogen) atoms. The summed E-state index contributed by atoms with van der Waals surface area (Å²) >= 11 is 3.66. The summed E-state index contributed by atoms with van der Waals surface area (Å²) in [4.78, 5) is 27.7. The van der Waals surface area contributed by atoms with Gasteiger partial charge in [0, 0.05) is 21.0 Å². The van der Waals surface area contributed by atoms with E-state index < -0.39 is 5.54 Å². The van der Waals surface area contributed by atoms with E-state index in [0.29, 0.717) is 11.1 Å². The summed E-state index contributed by atoms with van der Waals surface area (Å²) in [5, 5.41) is 3.50. The molecule has 1 aliphatic heterocycles. The SMILES string of the molecule is CC(C)(C)N1C(=O)c2cccc3c(Br)c4ccccc4c(c23)C1=O. The van der Waals surface area contributed by atoms with Crippen LogP contribution in [0.2, 0.25) is 0 Å². The Kier molecular flexibility index (Phi) is 3.13. The van der Waals surface area contributed by atoms with E-state index >= 15 is 0 Å². The van der Waals surface area contributed by atoms with Crippen LogP contribution in [0, 0.1) is 0 Å². The zero-order valence-corrected chi connectivity index (χ0v) is 15.3. The van der Waals surface area contributed by atoms with E-state index in [1.54, 1.807) is 6.07 Å². The number of amides is 2. The molecule has 4 rings (SSSR count). The first-order chi connectivity index (χ1) is 11.3. The van der Waals surface area contributed by atoms with Crippen LogP contribution in [0.25, 0.3) is 21.5 Å². The van der Waals surface area contributed by atoms with Crippen molar-refractivity contribution < 1.29 is 9.59 Å². The van der Waals surface area contributed by atoms with Crippen LogP contribution in [0.15, 0.2) is 46.9 Å². The van der Waals surface area contributed by atoms with Gasteiger partial charge < -0.3 is 0 Å². The van der Waals surface area contributed by atoms with E-state index in [1.165, 1.54) is 4.90 Å². The van der Waals surface area contributed by atoms with Crippen molar-refractivity contribution in [2.75, 3.05) is 0 Å². The minimum atomic E-state index is -0.581. The van der Waals surface area contributed by atoms with Crippen LogP contribution in [-0.4, -0.2) is 22.3 Å². The van der Waals surface area contributed by atoms with Crippen LogP contribution < -0.4 is 0 Å². The second kappa shape index (κ2) is 4.90. The number of hydrogen-bond donors (Lipinski definition) is 0. The summed E-state index contributed by atoms with van der Waals surface area (Å²) in [6, 6.07) is 13.4. The molecule has 0 spiro atoms. The van der Waals surface area contributed by atoms with Crippen molar-refractivity contribution in [2.24, 2.45) is 0 Å². The maximum atomic E-state index is 13.3. The van der Waals surface area contributed by atoms with E-state index in [2.05, 4.69) is 15.9 Å². The molecule has 4 heteroatoms. The molecule has 0 N–H and O–H groups in total. The Morgan fingerprint density at radius 3 is 2.12 bits per heavy atom. The first-order valence-electron chi connectivity index (χ1n) is 7.84. The zero-order chi connectivity index (χ0) is 17.2. The van der Waals surface area contributed by atoms with Gasteiger partial charge in [-0.25, -0.2) is 0 Å². The van der Waals surface area contributed by atoms with Gasteiger partial charge in [0.05, 0.1) is 5.56 Å². The molecule has 0 fully saturated rings. The van der Waals surface area contributed by atoms with Crippen molar-refractivity contribution in [1.29, 1.82) is 0 Å². The van der Waals surface area contributed by atoms with Gasteiger partial charge in [0.25, 0.3) is 11.8 Å². The van der Waals surface area contributed by atoms with E-state index in [0.717, 1.165) is 26.0 Å². The Morgan fingerprint density at radius 1 is 0.833 bits per heavy atom. The van der Waals surface area contributed by atoms with Crippen molar-refractivity contribution in [3.63, 3.8) is 0 Å². The monoisotopic (exact) mass is 381 g/mol. The number of rotatable bonds is 0. The summed E-state index contributed by atoms with van der Waals surface area (Å²) in [5.74, 6) is -0.451. The van der Waals surface area contributed by atoms with Gasteiger partial charge in [0.1, 0.15) is 0 Å². The van der Waals surface area contributed by atoms with Gasteiger partial charge in [-0.15, -0.1) is 0 Å².